The van der Waals surface area contributed by atoms with Crippen LogP contribution in [0.1, 0.15) is 33.6 Å². The lowest BCUT2D eigenvalue weighted by molar-refractivity contribution is -0.128. The zero-order valence-electron chi connectivity index (χ0n) is 17.5. The third-order valence-corrected chi connectivity index (χ3v) is 5.43. The molecule has 2 amide bonds. The summed E-state index contributed by atoms with van der Waals surface area (Å²) < 4.78 is 14.9. The summed E-state index contributed by atoms with van der Waals surface area (Å²) in [6.07, 6.45) is 1.92. The Balaban J connectivity index is 1.32. The van der Waals surface area contributed by atoms with Crippen LogP contribution in [-0.2, 0) is 11.3 Å². The lowest BCUT2D eigenvalue weighted by Crippen LogP contribution is -2.31. The SMILES string of the molecule is Cc1cccc(CN2CC(CNC(=O)c3cn(-c4ccc(F)c(C)c4)nn3)CC2=O)c1. The first-order valence-corrected chi connectivity index (χ1v) is 10.2. The molecular formula is C23H24FN5O2. The second-order valence-corrected chi connectivity index (χ2v) is 8.03. The molecule has 8 heteroatoms. The number of halogens is 1. The fourth-order valence-corrected chi connectivity index (χ4v) is 3.77. The largest absolute Gasteiger partial charge is 0.350 e. The zero-order chi connectivity index (χ0) is 22.0. The molecule has 1 aromatic heterocycles. The van der Waals surface area contributed by atoms with Crippen LogP contribution in [0.5, 0.6) is 0 Å². The van der Waals surface area contributed by atoms with Crippen LogP contribution in [0, 0.1) is 25.6 Å². The zero-order valence-corrected chi connectivity index (χ0v) is 17.5. The van der Waals surface area contributed by atoms with Crippen molar-refractivity contribution >= 4 is 11.8 Å². The van der Waals surface area contributed by atoms with Gasteiger partial charge in [-0.15, -0.1) is 5.10 Å². The maximum atomic E-state index is 13.5. The highest BCUT2D eigenvalue weighted by molar-refractivity contribution is 5.92. The molecule has 1 atom stereocenters. The molecule has 1 fully saturated rings. The number of carbonyl (C=O) groups is 2. The van der Waals surface area contributed by atoms with Crippen molar-refractivity contribution in [1.82, 2.24) is 25.2 Å². The van der Waals surface area contributed by atoms with E-state index < -0.39 is 0 Å². The van der Waals surface area contributed by atoms with Gasteiger partial charge in [-0.1, -0.05) is 35.0 Å². The number of likely N-dealkylation sites (tertiary alicyclic amines) is 1. The molecule has 4 rings (SSSR count). The van der Waals surface area contributed by atoms with Gasteiger partial charge in [0.15, 0.2) is 5.69 Å². The minimum absolute atomic E-state index is 0.0519. The van der Waals surface area contributed by atoms with Crippen LogP contribution in [0.2, 0.25) is 0 Å². The Morgan fingerprint density at radius 1 is 1.23 bits per heavy atom. The molecule has 2 heterocycles. The van der Waals surface area contributed by atoms with Gasteiger partial charge in [-0.05, 0) is 43.2 Å². The van der Waals surface area contributed by atoms with Crippen LogP contribution in [0.25, 0.3) is 5.69 Å². The van der Waals surface area contributed by atoms with Crippen LogP contribution < -0.4 is 5.32 Å². The molecule has 3 aromatic rings. The highest BCUT2D eigenvalue weighted by Crippen LogP contribution is 2.20. The third-order valence-electron chi connectivity index (χ3n) is 5.43. The fourth-order valence-electron chi connectivity index (χ4n) is 3.77. The normalized spacial score (nSPS) is 16.0. The summed E-state index contributed by atoms with van der Waals surface area (Å²) in [5.41, 5.74) is 3.55. The van der Waals surface area contributed by atoms with E-state index in [1.807, 2.05) is 30.0 Å². The van der Waals surface area contributed by atoms with Crippen molar-refractivity contribution in [2.45, 2.75) is 26.8 Å². The summed E-state index contributed by atoms with van der Waals surface area (Å²) in [5.74, 6) is -0.506. The second kappa shape index (κ2) is 8.67. The Labute approximate surface area is 179 Å². The maximum absolute atomic E-state index is 13.5. The lowest BCUT2D eigenvalue weighted by atomic mass is 10.1. The van der Waals surface area contributed by atoms with E-state index in [-0.39, 0.29) is 29.2 Å². The van der Waals surface area contributed by atoms with E-state index in [1.54, 1.807) is 19.1 Å². The molecule has 0 spiro atoms. The van der Waals surface area contributed by atoms with Gasteiger partial charge in [0.2, 0.25) is 5.91 Å². The quantitative estimate of drug-likeness (QED) is 0.664. The molecule has 1 aliphatic rings. The molecule has 0 aliphatic carbocycles. The van der Waals surface area contributed by atoms with Crippen molar-refractivity contribution in [3.63, 3.8) is 0 Å². The van der Waals surface area contributed by atoms with E-state index in [4.69, 9.17) is 0 Å². The Hall–Kier alpha value is -3.55. The van der Waals surface area contributed by atoms with Gasteiger partial charge in [0, 0.05) is 32.0 Å². The molecule has 160 valence electrons. The van der Waals surface area contributed by atoms with Crippen LogP contribution in [0.4, 0.5) is 4.39 Å². The number of amides is 2. The van der Waals surface area contributed by atoms with E-state index in [9.17, 15) is 14.0 Å². The molecule has 1 N–H and O–H groups in total. The van der Waals surface area contributed by atoms with Crippen molar-refractivity contribution < 1.29 is 14.0 Å². The first-order chi connectivity index (χ1) is 14.9. The molecule has 1 unspecified atom stereocenters. The number of hydrogen-bond acceptors (Lipinski definition) is 4. The average molecular weight is 421 g/mol. The van der Waals surface area contributed by atoms with E-state index in [0.29, 0.717) is 37.3 Å². The number of nitrogens with one attached hydrogen (secondary N) is 1. The smallest absolute Gasteiger partial charge is 0.273 e. The fraction of sp³-hybridized carbons (Fsp3) is 0.304. The summed E-state index contributed by atoms with van der Waals surface area (Å²) in [4.78, 5) is 26.7. The Kier molecular flexibility index (Phi) is 5.79. The van der Waals surface area contributed by atoms with Gasteiger partial charge in [0.25, 0.3) is 5.91 Å². The molecule has 0 bridgehead atoms. The lowest BCUT2D eigenvalue weighted by Gasteiger charge is -2.17. The summed E-state index contributed by atoms with van der Waals surface area (Å²) in [6.45, 7) is 5.26. The number of rotatable bonds is 6. The Morgan fingerprint density at radius 3 is 2.84 bits per heavy atom. The highest BCUT2D eigenvalue weighted by Gasteiger charge is 2.30. The van der Waals surface area contributed by atoms with Gasteiger partial charge < -0.3 is 10.2 Å². The summed E-state index contributed by atoms with van der Waals surface area (Å²) in [5, 5.41) is 10.7. The molecule has 7 nitrogen and oxygen atoms in total. The third kappa shape index (κ3) is 4.79. The van der Waals surface area contributed by atoms with Crippen molar-refractivity contribution in [3.8, 4) is 5.69 Å². The van der Waals surface area contributed by atoms with Crippen molar-refractivity contribution in [2.24, 2.45) is 5.92 Å². The second-order valence-electron chi connectivity index (χ2n) is 8.03. The topological polar surface area (TPSA) is 80.1 Å². The van der Waals surface area contributed by atoms with Crippen molar-refractivity contribution in [3.05, 3.63) is 76.9 Å². The maximum Gasteiger partial charge on any atom is 0.273 e. The number of nitrogens with zero attached hydrogens (tertiary/aromatic N) is 4. The monoisotopic (exact) mass is 421 g/mol. The first-order valence-electron chi connectivity index (χ1n) is 10.2. The molecule has 0 radical (unpaired) electrons. The van der Waals surface area contributed by atoms with E-state index in [0.717, 1.165) is 11.1 Å². The summed E-state index contributed by atoms with van der Waals surface area (Å²) in [6, 6.07) is 12.7. The number of carbonyl (C=O) groups excluding carboxylic acids is 2. The van der Waals surface area contributed by atoms with Crippen molar-refractivity contribution in [2.75, 3.05) is 13.1 Å². The molecule has 1 saturated heterocycles. The number of hydrogen-bond donors (Lipinski definition) is 1. The van der Waals surface area contributed by atoms with Gasteiger partial charge in [-0.25, -0.2) is 9.07 Å². The van der Waals surface area contributed by atoms with Crippen molar-refractivity contribution in [1.29, 1.82) is 0 Å². The molecule has 31 heavy (non-hydrogen) atoms. The summed E-state index contributed by atoms with van der Waals surface area (Å²) in [7, 11) is 0. The summed E-state index contributed by atoms with van der Waals surface area (Å²) >= 11 is 0. The molecular weight excluding hydrogens is 397 g/mol. The molecule has 1 aliphatic heterocycles. The first kappa shape index (κ1) is 20.7. The van der Waals surface area contributed by atoms with E-state index >= 15 is 0 Å². The standard InChI is InChI=1S/C23H24FN5O2/c1-15-4-3-5-17(8-15)12-28-13-18(10-22(28)30)11-25-23(31)21-14-29(27-26-21)19-6-7-20(24)16(2)9-19/h3-9,14,18H,10-13H2,1-2H3,(H,25,31). The minimum Gasteiger partial charge on any atom is -0.350 e. The van der Waals surface area contributed by atoms with E-state index in [2.05, 4.69) is 21.7 Å². The number of aryl methyl sites for hydroxylation is 2. The van der Waals surface area contributed by atoms with Gasteiger partial charge in [0.1, 0.15) is 5.82 Å². The molecule has 0 saturated carbocycles. The van der Waals surface area contributed by atoms with Gasteiger partial charge >= 0.3 is 0 Å². The van der Waals surface area contributed by atoms with E-state index in [1.165, 1.54) is 16.9 Å². The van der Waals surface area contributed by atoms with Gasteiger partial charge in [-0.2, -0.15) is 0 Å². The predicted octanol–water partition coefficient (Wildman–Crippen LogP) is 2.80. The predicted molar refractivity (Wildman–Crippen MR) is 113 cm³/mol. The Morgan fingerprint density at radius 2 is 2.06 bits per heavy atom. The van der Waals surface area contributed by atoms with Crippen LogP contribution in [0.15, 0.2) is 48.7 Å². The number of aromatic nitrogens is 3. The Bertz CT molecular complexity index is 1130. The van der Waals surface area contributed by atoms with Gasteiger partial charge in [0.05, 0.1) is 11.9 Å². The highest BCUT2D eigenvalue weighted by atomic mass is 19.1. The van der Waals surface area contributed by atoms with Crippen LogP contribution in [0.3, 0.4) is 0 Å². The van der Waals surface area contributed by atoms with Gasteiger partial charge in [-0.3, -0.25) is 9.59 Å². The minimum atomic E-state index is -0.352. The van der Waals surface area contributed by atoms with Crippen LogP contribution >= 0.6 is 0 Å². The average Bonchev–Trinajstić information content (AvgIpc) is 3.36. The van der Waals surface area contributed by atoms with Crippen LogP contribution in [-0.4, -0.2) is 44.8 Å². The number of benzene rings is 2. The molecule has 2 aromatic carbocycles.